The molecule has 2 heterocycles. The molecule has 2 fully saturated rings. The third-order valence-corrected chi connectivity index (χ3v) is 6.67. The van der Waals surface area contributed by atoms with Crippen molar-refractivity contribution in [2.24, 2.45) is 5.92 Å². The minimum Gasteiger partial charge on any atom is -0.385 e. The van der Waals surface area contributed by atoms with E-state index in [2.05, 4.69) is 10.6 Å². The summed E-state index contributed by atoms with van der Waals surface area (Å²) in [5, 5.41) is 16.5. The summed E-state index contributed by atoms with van der Waals surface area (Å²) < 4.78 is 48.8. The summed E-state index contributed by atoms with van der Waals surface area (Å²) in [5.41, 5.74) is -1.74. The smallest absolute Gasteiger partial charge is 0.256 e. The molecule has 2 saturated heterocycles. The first-order valence-electron chi connectivity index (χ1n) is 10.8. The van der Waals surface area contributed by atoms with Crippen molar-refractivity contribution < 1.29 is 27.8 Å². The number of rotatable bonds is 7. The first-order valence-corrected chi connectivity index (χ1v) is 11.8. The lowest BCUT2D eigenvalue weighted by Crippen LogP contribution is -2.67. The van der Waals surface area contributed by atoms with Gasteiger partial charge >= 0.3 is 0 Å². The second-order valence-electron chi connectivity index (χ2n) is 8.61. The number of amides is 1. The van der Waals surface area contributed by atoms with Crippen molar-refractivity contribution >= 4 is 39.9 Å². The van der Waals surface area contributed by atoms with Gasteiger partial charge < -0.3 is 25.4 Å². The van der Waals surface area contributed by atoms with Crippen LogP contribution in [0.15, 0.2) is 30.3 Å². The lowest BCUT2D eigenvalue weighted by atomic mass is 9.92. The number of nitrogens with zero attached hydrogens (tertiary/aromatic N) is 1. The number of carbonyl (C=O) groups is 1. The minimum absolute atomic E-state index is 0.0585. The average molecular weight is 575 g/mol. The fourth-order valence-corrected chi connectivity index (χ4v) is 4.58. The largest absolute Gasteiger partial charge is 0.385 e. The zero-order chi connectivity index (χ0) is 23.6. The first kappa shape index (κ1) is 24.2. The predicted molar refractivity (Wildman–Crippen MR) is 126 cm³/mol. The Kier molecular flexibility index (Phi) is 7.46. The summed E-state index contributed by atoms with van der Waals surface area (Å²) >= 11 is 1.93. The molecule has 0 aliphatic carbocycles. The molecule has 10 heteroatoms. The fraction of sp³-hybridized carbons (Fsp3) is 0.435. The van der Waals surface area contributed by atoms with Crippen LogP contribution in [-0.4, -0.2) is 60.9 Å². The maximum absolute atomic E-state index is 14.6. The summed E-state index contributed by atoms with van der Waals surface area (Å²) in [4.78, 5) is 14.4. The molecular formula is C23H25F3IN3O3. The first-order chi connectivity index (χ1) is 15.8. The van der Waals surface area contributed by atoms with Crippen LogP contribution in [-0.2, 0) is 4.74 Å². The van der Waals surface area contributed by atoms with E-state index in [4.69, 9.17) is 4.74 Å². The zero-order valence-corrected chi connectivity index (χ0v) is 20.0. The lowest BCUT2D eigenvalue weighted by molar-refractivity contribution is -0.0792. The molecule has 0 aromatic heterocycles. The predicted octanol–water partition coefficient (Wildman–Crippen LogP) is 3.66. The van der Waals surface area contributed by atoms with Crippen molar-refractivity contribution in [1.29, 1.82) is 0 Å². The van der Waals surface area contributed by atoms with E-state index in [1.54, 1.807) is 6.07 Å². The van der Waals surface area contributed by atoms with E-state index in [0.717, 1.165) is 44.7 Å². The fourth-order valence-electron chi connectivity index (χ4n) is 4.13. The number of likely N-dealkylation sites (tertiary alicyclic amines) is 1. The van der Waals surface area contributed by atoms with Crippen molar-refractivity contribution in [3.05, 3.63) is 56.9 Å². The molecule has 2 aromatic rings. The Morgan fingerprint density at radius 1 is 1.15 bits per heavy atom. The van der Waals surface area contributed by atoms with Crippen molar-refractivity contribution in [3.8, 4) is 0 Å². The highest BCUT2D eigenvalue weighted by atomic mass is 127. The van der Waals surface area contributed by atoms with Gasteiger partial charge in [-0.2, -0.15) is 0 Å². The number of carbonyl (C=O) groups excluding carboxylic acids is 1. The van der Waals surface area contributed by atoms with Crippen LogP contribution in [0, 0.1) is 26.9 Å². The molecule has 3 N–H and O–H groups in total. The molecule has 1 amide bonds. The Morgan fingerprint density at radius 2 is 1.88 bits per heavy atom. The number of halogens is 4. The van der Waals surface area contributed by atoms with Gasteiger partial charge in [0.25, 0.3) is 5.91 Å². The minimum atomic E-state index is -1.27. The molecule has 0 unspecified atom stereocenters. The van der Waals surface area contributed by atoms with Gasteiger partial charge in [-0.1, -0.05) is 0 Å². The van der Waals surface area contributed by atoms with Crippen LogP contribution >= 0.6 is 22.6 Å². The van der Waals surface area contributed by atoms with Crippen LogP contribution in [0.4, 0.5) is 24.5 Å². The third-order valence-electron chi connectivity index (χ3n) is 6.00. The highest BCUT2D eigenvalue weighted by molar-refractivity contribution is 14.1. The number of ether oxygens (including phenoxy) is 1. The van der Waals surface area contributed by atoms with Crippen molar-refractivity contribution in [1.82, 2.24) is 10.2 Å². The molecule has 33 heavy (non-hydrogen) atoms. The summed E-state index contributed by atoms with van der Waals surface area (Å²) in [5.74, 6) is -3.16. The van der Waals surface area contributed by atoms with E-state index < -0.39 is 34.6 Å². The number of hydrogen-bond acceptors (Lipinski definition) is 5. The van der Waals surface area contributed by atoms with Gasteiger partial charge in [-0.05, 0) is 78.2 Å². The average Bonchev–Trinajstić information content (AvgIpc) is 2.77. The number of aliphatic hydroxyl groups is 1. The van der Waals surface area contributed by atoms with Gasteiger partial charge in [0, 0.05) is 23.3 Å². The van der Waals surface area contributed by atoms with E-state index in [0.29, 0.717) is 16.0 Å². The van der Waals surface area contributed by atoms with E-state index in [1.165, 1.54) is 17.0 Å². The molecule has 6 nitrogen and oxygen atoms in total. The monoisotopic (exact) mass is 575 g/mol. The maximum Gasteiger partial charge on any atom is 0.256 e. The van der Waals surface area contributed by atoms with Crippen LogP contribution in [0.1, 0.15) is 23.2 Å². The Bertz CT molecular complexity index is 1030. The van der Waals surface area contributed by atoms with Gasteiger partial charge in [0.05, 0.1) is 30.0 Å². The zero-order valence-electron chi connectivity index (χ0n) is 17.8. The molecule has 2 aromatic carbocycles. The lowest BCUT2D eigenvalue weighted by Gasteiger charge is -2.47. The van der Waals surface area contributed by atoms with E-state index in [9.17, 15) is 23.1 Å². The highest BCUT2D eigenvalue weighted by Crippen LogP contribution is 2.31. The van der Waals surface area contributed by atoms with E-state index >= 15 is 0 Å². The molecule has 178 valence electrons. The Labute approximate surface area is 203 Å². The Hall–Kier alpha value is -1.89. The molecule has 0 radical (unpaired) electrons. The van der Waals surface area contributed by atoms with Crippen LogP contribution in [0.5, 0.6) is 0 Å². The van der Waals surface area contributed by atoms with Crippen molar-refractivity contribution in [3.63, 3.8) is 0 Å². The number of hydrogen-bond donors (Lipinski definition) is 3. The van der Waals surface area contributed by atoms with Crippen LogP contribution in [0.25, 0.3) is 0 Å². The number of nitrogens with one attached hydrogen (secondary N) is 2. The van der Waals surface area contributed by atoms with Crippen LogP contribution < -0.4 is 10.6 Å². The second kappa shape index (κ2) is 10.2. The quantitative estimate of drug-likeness (QED) is 0.440. The number of benzene rings is 2. The molecule has 4 rings (SSSR count). The Morgan fingerprint density at radius 3 is 2.58 bits per heavy atom. The molecule has 2 aliphatic rings. The SMILES string of the molecule is O=C(c1ccc(F)c(F)c1Nc1ccc(I)cc1F)N1CC(O)(CNCC2CCOCC2)C1. The van der Waals surface area contributed by atoms with Crippen molar-refractivity contribution in [2.45, 2.75) is 18.4 Å². The second-order valence-corrected chi connectivity index (χ2v) is 9.85. The number of β-amino-alcohol motifs (C(OH)–C–C–N with tert-alkyl or cyclic N) is 1. The van der Waals surface area contributed by atoms with Gasteiger partial charge in [0.2, 0.25) is 0 Å². The molecule has 0 atom stereocenters. The topological polar surface area (TPSA) is 73.8 Å². The Balaban J connectivity index is 1.41. The van der Waals surface area contributed by atoms with Gasteiger partial charge in [-0.15, -0.1) is 0 Å². The van der Waals surface area contributed by atoms with Gasteiger partial charge in [-0.3, -0.25) is 4.79 Å². The summed E-state index contributed by atoms with van der Waals surface area (Å²) in [6.07, 6.45) is 1.95. The van der Waals surface area contributed by atoms with Crippen molar-refractivity contribution in [2.75, 3.05) is 44.7 Å². The third kappa shape index (κ3) is 5.61. The van der Waals surface area contributed by atoms with Gasteiger partial charge in [-0.25, -0.2) is 13.2 Å². The standard InChI is InChI=1S/C23H25F3IN3O3/c24-17-3-2-16(21(20(17)26)29-19-4-1-15(27)9-18(19)25)22(31)30-12-23(32,13-30)11-28-10-14-5-7-33-8-6-14/h1-4,9,14,28-29,32H,5-8,10-13H2. The van der Waals surface area contributed by atoms with Gasteiger partial charge in [0.15, 0.2) is 11.6 Å². The van der Waals surface area contributed by atoms with Crippen LogP contribution in [0.2, 0.25) is 0 Å². The van der Waals surface area contributed by atoms with E-state index in [-0.39, 0.29) is 24.3 Å². The van der Waals surface area contributed by atoms with Gasteiger partial charge in [0.1, 0.15) is 11.4 Å². The van der Waals surface area contributed by atoms with E-state index in [1.807, 2.05) is 22.6 Å². The van der Waals surface area contributed by atoms with Crippen LogP contribution in [0.3, 0.4) is 0 Å². The maximum atomic E-state index is 14.6. The normalized spacial score (nSPS) is 18.2. The summed E-state index contributed by atoms with van der Waals surface area (Å²) in [6.45, 7) is 2.69. The number of anilines is 2. The summed E-state index contributed by atoms with van der Waals surface area (Å²) in [6, 6.07) is 6.26. The molecule has 0 saturated carbocycles. The summed E-state index contributed by atoms with van der Waals surface area (Å²) in [7, 11) is 0. The molecule has 2 aliphatic heterocycles. The molecule has 0 spiro atoms. The highest BCUT2D eigenvalue weighted by Gasteiger charge is 2.44. The molecular weight excluding hydrogens is 550 g/mol. The molecule has 0 bridgehead atoms.